The highest BCUT2D eigenvalue weighted by Gasteiger charge is 2.62. The highest BCUT2D eigenvalue weighted by molar-refractivity contribution is 5.92. The van der Waals surface area contributed by atoms with Crippen LogP contribution in [0.4, 0.5) is 34.1 Å². The zero-order chi connectivity index (χ0) is 40.0. The predicted octanol–water partition coefficient (Wildman–Crippen LogP) is 15.0. The predicted molar refractivity (Wildman–Crippen MR) is 250 cm³/mol. The van der Waals surface area contributed by atoms with Crippen LogP contribution in [0.1, 0.15) is 60.1 Å². The third kappa shape index (κ3) is 5.00. The summed E-state index contributed by atoms with van der Waals surface area (Å²) >= 11 is 0. The average Bonchev–Trinajstić information content (AvgIpc) is 3.99. The molecule has 60 heavy (non-hydrogen) atoms. The summed E-state index contributed by atoms with van der Waals surface area (Å²) in [5.74, 6) is 1.04. The van der Waals surface area contributed by atoms with Gasteiger partial charge in [-0.15, -0.1) is 0 Å². The van der Waals surface area contributed by atoms with Gasteiger partial charge in [0.05, 0.1) is 17.1 Å². The fourth-order valence-corrected chi connectivity index (χ4v) is 12.4. The van der Waals surface area contributed by atoms with Gasteiger partial charge in [0.1, 0.15) is 0 Å². The van der Waals surface area contributed by atoms with E-state index < -0.39 is 0 Å². The first-order chi connectivity index (χ1) is 29.5. The van der Waals surface area contributed by atoms with Gasteiger partial charge in [0.15, 0.2) is 0 Å². The van der Waals surface area contributed by atoms with Gasteiger partial charge in [-0.25, -0.2) is 0 Å². The highest BCUT2D eigenvalue weighted by atomic mass is 15.2. The van der Waals surface area contributed by atoms with Crippen LogP contribution in [0.3, 0.4) is 0 Å². The Balaban J connectivity index is 1.10. The molecule has 3 atom stereocenters. The molecule has 4 aliphatic rings. The van der Waals surface area contributed by atoms with Gasteiger partial charge in [0.2, 0.25) is 0 Å². The van der Waals surface area contributed by atoms with Gasteiger partial charge in [-0.1, -0.05) is 153 Å². The van der Waals surface area contributed by atoms with Crippen molar-refractivity contribution in [2.75, 3.05) is 9.80 Å². The van der Waals surface area contributed by atoms with E-state index in [2.05, 4.69) is 218 Å². The quantitative estimate of drug-likeness (QED) is 0.159. The van der Waals surface area contributed by atoms with Gasteiger partial charge in [-0.05, 0) is 142 Å². The molecule has 0 heterocycles. The molecule has 0 aromatic heterocycles. The van der Waals surface area contributed by atoms with Crippen molar-refractivity contribution in [3.8, 4) is 22.3 Å². The monoisotopic (exact) mass is 772 g/mol. The molecule has 1 spiro atoms. The summed E-state index contributed by atoms with van der Waals surface area (Å²) in [7, 11) is 0. The third-order valence-electron chi connectivity index (χ3n) is 14.7. The van der Waals surface area contributed by atoms with Crippen molar-refractivity contribution in [2.45, 2.75) is 50.4 Å². The summed E-state index contributed by atoms with van der Waals surface area (Å²) < 4.78 is 0. The topological polar surface area (TPSA) is 6.48 Å². The molecule has 290 valence electrons. The van der Waals surface area contributed by atoms with Crippen molar-refractivity contribution in [2.24, 2.45) is 11.8 Å². The maximum absolute atomic E-state index is 2.60. The van der Waals surface area contributed by atoms with Gasteiger partial charge in [-0.3, -0.25) is 0 Å². The van der Waals surface area contributed by atoms with E-state index in [1.54, 1.807) is 5.56 Å². The summed E-state index contributed by atoms with van der Waals surface area (Å²) in [5, 5.41) is 0. The summed E-state index contributed by atoms with van der Waals surface area (Å²) in [6, 6.07) is 72.8. The molecule has 4 aliphatic carbocycles. The number of anilines is 6. The lowest BCUT2D eigenvalue weighted by atomic mass is 9.68. The van der Waals surface area contributed by atoms with Crippen LogP contribution < -0.4 is 9.80 Å². The summed E-state index contributed by atoms with van der Waals surface area (Å²) in [6.07, 6.45) is 4.70. The number of rotatable bonds is 7. The van der Waals surface area contributed by atoms with Gasteiger partial charge in [-0.2, -0.15) is 0 Å². The van der Waals surface area contributed by atoms with Crippen molar-refractivity contribution in [3.05, 3.63) is 228 Å². The molecule has 8 aromatic rings. The number of hydrogen-bond donors (Lipinski definition) is 0. The standard InChI is InChI=1S/C58H48N2/c1-57(2)50-28-14-12-27-48(50)49-35-34-46(38-51(49)57)59(44-22-8-4-9-23-44)53-30-16-20-40-36-42-32-33-43-37-41-21-17-31-54(56(41)58(42,43)55(40)53)60(45-24-10-5-11-25-45)52-29-15-13-26-47(52)39-18-6-3-7-19-39/h3-31,34-35,38,42-43H,32-33,36-37H2,1-2H3. The van der Waals surface area contributed by atoms with Gasteiger partial charge in [0, 0.05) is 33.5 Å². The molecule has 0 radical (unpaired) electrons. The molecule has 0 amide bonds. The van der Waals surface area contributed by atoms with Crippen LogP contribution in [0.15, 0.2) is 194 Å². The molecule has 8 aromatic carbocycles. The number of para-hydroxylation sites is 3. The molecule has 0 bridgehead atoms. The van der Waals surface area contributed by atoms with E-state index in [1.165, 1.54) is 97.0 Å². The zero-order valence-corrected chi connectivity index (χ0v) is 34.4. The average molecular weight is 773 g/mol. The molecular formula is C58H48N2. The first-order valence-corrected chi connectivity index (χ1v) is 21.9. The van der Waals surface area contributed by atoms with Crippen molar-refractivity contribution >= 4 is 34.1 Å². The molecular weight excluding hydrogens is 725 g/mol. The smallest absolute Gasteiger partial charge is 0.0540 e. The third-order valence-corrected chi connectivity index (χ3v) is 14.7. The summed E-state index contributed by atoms with van der Waals surface area (Å²) in [5.41, 5.74) is 21.3. The van der Waals surface area contributed by atoms with Crippen LogP contribution in [-0.2, 0) is 23.7 Å². The van der Waals surface area contributed by atoms with Crippen molar-refractivity contribution in [3.63, 3.8) is 0 Å². The van der Waals surface area contributed by atoms with Crippen LogP contribution in [-0.4, -0.2) is 0 Å². The Labute approximate surface area is 354 Å². The van der Waals surface area contributed by atoms with E-state index in [0.29, 0.717) is 11.8 Å². The molecule has 2 nitrogen and oxygen atoms in total. The zero-order valence-electron chi connectivity index (χ0n) is 34.4. The number of nitrogens with zero attached hydrogens (tertiary/aromatic N) is 2. The van der Waals surface area contributed by atoms with Crippen LogP contribution in [0.25, 0.3) is 22.3 Å². The maximum Gasteiger partial charge on any atom is 0.0540 e. The van der Waals surface area contributed by atoms with Crippen LogP contribution >= 0.6 is 0 Å². The van der Waals surface area contributed by atoms with Crippen molar-refractivity contribution in [1.82, 2.24) is 0 Å². The molecule has 0 aliphatic heterocycles. The lowest BCUT2D eigenvalue weighted by molar-refractivity contribution is 0.350. The van der Waals surface area contributed by atoms with E-state index in [1.807, 2.05) is 0 Å². The summed E-state index contributed by atoms with van der Waals surface area (Å²) in [4.78, 5) is 5.19. The molecule has 12 rings (SSSR count). The van der Waals surface area contributed by atoms with E-state index in [9.17, 15) is 0 Å². The van der Waals surface area contributed by atoms with E-state index in [4.69, 9.17) is 0 Å². The Morgan fingerprint density at radius 3 is 1.55 bits per heavy atom. The lowest BCUT2D eigenvalue weighted by Crippen LogP contribution is -2.34. The Kier molecular flexibility index (Phi) is 7.91. The minimum absolute atomic E-state index is 0.0977. The fraction of sp³-hybridized carbons (Fsp3) is 0.172. The Bertz CT molecular complexity index is 2920. The van der Waals surface area contributed by atoms with E-state index >= 15 is 0 Å². The minimum Gasteiger partial charge on any atom is -0.310 e. The Morgan fingerprint density at radius 2 is 0.900 bits per heavy atom. The number of fused-ring (bicyclic) bond motifs is 5. The van der Waals surface area contributed by atoms with Crippen molar-refractivity contribution in [1.29, 1.82) is 0 Å². The SMILES string of the molecule is CC1(C)c2ccccc2-c2ccc(N(c3ccccc3)c3cccc4c3C35c6c(cccc6N(c6ccccc6)c6ccccc6-c6ccccc6)CC3CCC5C4)cc21. The molecule has 0 N–H and O–H groups in total. The minimum atomic E-state index is -0.133. The largest absolute Gasteiger partial charge is 0.310 e. The normalized spacial score (nSPS) is 19.8. The highest BCUT2D eigenvalue weighted by Crippen LogP contribution is 2.69. The first-order valence-electron chi connectivity index (χ1n) is 21.9. The van der Waals surface area contributed by atoms with Gasteiger partial charge in [0.25, 0.3) is 0 Å². The van der Waals surface area contributed by atoms with Crippen LogP contribution in [0, 0.1) is 11.8 Å². The number of hydrogen-bond acceptors (Lipinski definition) is 2. The van der Waals surface area contributed by atoms with Gasteiger partial charge >= 0.3 is 0 Å². The second-order valence-corrected chi connectivity index (χ2v) is 18.0. The van der Waals surface area contributed by atoms with E-state index in [-0.39, 0.29) is 10.8 Å². The Morgan fingerprint density at radius 1 is 0.400 bits per heavy atom. The molecule has 0 saturated heterocycles. The first kappa shape index (κ1) is 35.3. The molecule has 1 fully saturated rings. The van der Waals surface area contributed by atoms with Crippen molar-refractivity contribution < 1.29 is 0 Å². The number of benzene rings is 8. The fourth-order valence-electron chi connectivity index (χ4n) is 12.4. The Hall–Kier alpha value is -6.64. The van der Waals surface area contributed by atoms with Gasteiger partial charge < -0.3 is 9.80 Å². The van der Waals surface area contributed by atoms with E-state index in [0.717, 1.165) is 12.8 Å². The lowest BCUT2D eigenvalue weighted by Gasteiger charge is -2.40. The maximum atomic E-state index is 2.60. The molecule has 2 heteroatoms. The second kappa shape index (κ2) is 13.4. The molecule has 1 saturated carbocycles. The van der Waals surface area contributed by atoms with Crippen LogP contribution in [0.5, 0.6) is 0 Å². The van der Waals surface area contributed by atoms with Crippen LogP contribution in [0.2, 0.25) is 0 Å². The second-order valence-electron chi connectivity index (χ2n) is 18.0. The summed E-state index contributed by atoms with van der Waals surface area (Å²) in [6.45, 7) is 4.79. The molecule has 3 unspecified atom stereocenters.